The van der Waals surface area contributed by atoms with E-state index in [0.29, 0.717) is 13.2 Å². The molecule has 0 rings (SSSR count). The Morgan fingerprint density at radius 1 is 1.00 bits per heavy atom. The maximum absolute atomic E-state index is 6.36. The average molecular weight is 219 g/mol. The molecule has 0 bridgehead atoms. The maximum atomic E-state index is 6.36. The molecule has 3 nitrogen and oxygen atoms in total. The first kappa shape index (κ1) is 14.1. The molecule has 0 saturated carbocycles. The molecule has 86 valence electrons. The summed E-state index contributed by atoms with van der Waals surface area (Å²) in [6, 6.07) is 0. The summed E-state index contributed by atoms with van der Waals surface area (Å²) in [6.45, 7) is 11.6. The molecular weight excluding hydrogens is 194 g/mol. The molecule has 0 aliphatic rings. The highest BCUT2D eigenvalue weighted by Gasteiger charge is 2.49. The Morgan fingerprint density at radius 2 is 1.36 bits per heavy atom. The molecule has 0 aliphatic heterocycles. The van der Waals surface area contributed by atoms with Gasteiger partial charge in [0.15, 0.2) is 0 Å². The van der Waals surface area contributed by atoms with Crippen LogP contribution in [0.25, 0.3) is 0 Å². The van der Waals surface area contributed by atoms with Crippen LogP contribution in [0.1, 0.15) is 40.5 Å². The van der Waals surface area contributed by atoms with Gasteiger partial charge >= 0.3 is 8.56 Å². The van der Waals surface area contributed by atoms with Gasteiger partial charge in [-0.3, -0.25) is 0 Å². The smallest absolute Gasteiger partial charge is 0.355 e. The number of nitrogens with two attached hydrogens (primary N) is 1. The molecule has 0 aromatic rings. The average Bonchev–Trinajstić information content (AvgIpc) is 2.17. The molecule has 2 N–H and O–H groups in total. The van der Waals surface area contributed by atoms with Crippen molar-refractivity contribution in [1.82, 2.24) is 0 Å². The van der Waals surface area contributed by atoms with Gasteiger partial charge in [0.2, 0.25) is 0 Å². The van der Waals surface area contributed by atoms with Crippen molar-refractivity contribution in [3.8, 4) is 0 Å². The molecule has 0 unspecified atom stereocenters. The molecule has 0 heterocycles. The minimum Gasteiger partial charge on any atom is -0.394 e. The highest BCUT2D eigenvalue weighted by molar-refractivity contribution is 6.69. The van der Waals surface area contributed by atoms with Crippen LogP contribution in [0.5, 0.6) is 0 Å². The van der Waals surface area contributed by atoms with Crippen molar-refractivity contribution in [2.24, 2.45) is 5.73 Å². The quantitative estimate of drug-likeness (QED) is 0.668. The van der Waals surface area contributed by atoms with E-state index in [2.05, 4.69) is 20.4 Å². The minimum atomic E-state index is -2.23. The van der Waals surface area contributed by atoms with Crippen molar-refractivity contribution < 1.29 is 8.85 Å². The topological polar surface area (TPSA) is 44.5 Å². The summed E-state index contributed by atoms with van der Waals surface area (Å²) < 4.78 is 11.6. The molecule has 0 saturated heterocycles. The Kier molecular flexibility index (Phi) is 5.89. The van der Waals surface area contributed by atoms with E-state index >= 15 is 0 Å². The molecule has 0 aromatic carbocycles. The maximum Gasteiger partial charge on any atom is 0.355 e. The first-order valence-electron chi connectivity index (χ1n) is 5.56. The van der Waals surface area contributed by atoms with Gasteiger partial charge < -0.3 is 14.6 Å². The van der Waals surface area contributed by atoms with Gasteiger partial charge in [0.1, 0.15) is 0 Å². The van der Waals surface area contributed by atoms with Crippen molar-refractivity contribution >= 4 is 8.56 Å². The van der Waals surface area contributed by atoms with Crippen LogP contribution < -0.4 is 5.73 Å². The lowest BCUT2D eigenvalue weighted by Gasteiger charge is -2.41. The van der Waals surface area contributed by atoms with E-state index in [1.807, 2.05) is 13.8 Å². The molecule has 0 radical (unpaired) electrons. The van der Waals surface area contributed by atoms with Crippen LogP contribution in [-0.4, -0.2) is 26.9 Å². The van der Waals surface area contributed by atoms with Crippen molar-refractivity contribution in [1.29, 1.82) is 0 Å². The fraction of sp³-hybridized carbons (Fsp3) is 1.00. The molecule has 0 aliphatic carbocycles. The van der Waals surface area contributed by atoms with Crippen molar-refractivity contribution in [3.05, 3.63) is 0 Å². The van der Waals surface area contributed by atoms with Gasteiger partial charge in [-0.2, -0.15) is 0 Å². The van der Waals surface area contributed by atoms with E-state index in [4.69, 9.17) is 14.6 Å². The van der Waals surface area contributed by atoms with Crippen LogP contribution in [0.15, 0.2) is 0 Å². The Hall–Kier alpha value is 0.0969. The van der Waals surface area contributed by atoms with Gasteiger partial charge in [0.05, 0.1) is 5.16 Å². The normalized spacial score (nSPS) is 13.3. The van der Waals surface area contributed by atoms with E-state index < -0.39 is 8.56 Å². The van der Waals surface area contributed by atoms with Crippen LogP contribution in [0.2, 0.25) is 6.55 Å². The van der Waals surface area contributed by atoms with E-state index in [1.54, 1.807) is 0 Å². The first-order valence-corrected chi connectivity index (χ1v) is 7.88. The Bertz CT molecular complexity index is 154. The monoisotopic (exact) mass is 219 g/mol. The Morgan fingerprint density at radius 3 is 1.57 bits per heavy atom. The molecule has 0 fully saturated rings. The molecule has 14 heavy (non-hydrogen) atoms. The molecule has 0 amide bonds. The zero-order chi connectivity index (χ0) is 11.2. The third-order valence-corrected chi connectivity index (χ3v) is 7.20. The van der Waals surface area contributed by atoms with E-state index in [1.165, 1.54) is 0 Å². The molecule has 0 aromatic heterocycles. The Balaban J connectivity index is 4.75. The fourth-order valence-corrected chi connectivity index (χ4v) is 4.82. The minimum absolute atomic E-state index is 0.265. The summed E-state index contributed by atoms with van der Waals surface area (Å²) in [5.74, 6) is 0. The molecule has 0 spiro atoms. The molecule has 4 heteroatoms. The lowest BCUT2D eigenvalue weighted by atomic mass is 10.2. The van der Waals surface area contributed by atoms with Gasteiger partial charge in [0, 0.05) is 13.2 Å². The largest absolute Gasteiger partial charge is 0.394 e. The highest BCUT2D eigenvalue weighted by Crippen LogP contribution is 2.27. The second-order valence-electron chi connectivity index (χ2n) is 3.67. The lowest BCUT2D eigenvalue weighted by Crippen LogP contribution is -2.65. The van der Waals surface area contributed by atoms with Gasteiger partial charge in [0.25, 0.3) is 0 Å². The van der Waals surface area contributed by atoms with Crippen molar-refractivity contribution in [2.75, 3.05) is 13.2 Å². The Labute approximate surface area is 89.2 Å². The molecular formula is C10H25NO2Si. The standard InChI is InChI=1S/C10H25NO2Si/c1-6-10(11,7-2)14(5,12-8-3)13-9-4/h6-9,11H2,1-5H3. The summed E-state index contributed by atoms with van der Waals surface area (Å²) in [4.78, 5) is 0. The van der Waals surface area contributed by atoms with Gasteiger partial charge in [-0.1, -0.05) is 13.8 Å². The zero-order valence-corrected chi connectivity index (χ0v) is 11.2. The fourth-order valence-electron chi connectivity index (χ4n) is 1.77. The highest BCUT2D eigenvalue weighted by atomic mass is 28.4. The number of rotatable bonds is 7. The third kappa shape index (κ3) is 2.79. The zero-order valence-electron chi connectivity index (χ0n) is 10.2. The van der Waals surface area contributed by atoms with E-state index in [-0.39, 0.29) is 5.16 Å². The van der Waals surface area contributed by atoms with Crippen molar-refractivity contribution in [3.63, 3.8) is 0 Å². The van der Waals surface area contributed by atoms with Crippen LogP contribution in [-0.2, 0) is 8.85 Å². The summed E-state index contributed by atoms with van der Waals surface area (Å²) in [6.07, 6.45) is 1.82. The summed E-state index contributed by atoms with van der Waals surface area (Å²) >= 11 is 0. The van der Waals surface area contributed by atoms with Crippen LogP contribution in [0.3, 0.4) is 0 Å². The molecule has 0 atom stereocenters. The summed E-state index contributed by atoms with van der Waals surface area (Å²) in [7, 11) is -2.23. The van der Waals surface area contributed by atoms with Gasteiger partial charge in [-0.25, -0.2) is 0 Å². The van der Waals surface area contributed by atoms with Crippen LogP contribution in [0.4, 0.5) is 0 Å². The predicted molar refractivity (Wildman–Crippen MR) is 62.4 cm³/mol. The second kappa shape index (κ2) is 5.85. The number of hydrogen-bond acceptors (Lipinski definition) is 3. The third-order valence-electron chi connectivity index (χ3n) is 3.01. The van der Waals surface area contributed by atoms with Crippen LogP contribution in [0, 0.1) is 0 Å². The van der Waals surface area contributed by atoms with Gasteiger partial charge in [-0.15, -0.1) is 0 Å². The SMILES string of the molecule is CCO[Si](C)(OCC)C(N)(CC)CC. The van der Waals surface area contributed by atoms with Crippen molar-refractivity contribution in [2.45, 2.75) is 52.2 Å². The number of hydrogen-bond donors (Lipinski definition) is 1. The van der Waals surface area contributed by atoms with E-state index in [9.17, 15) is 0 Å². The lowest BCUT2D eigenvalue weighted by molar-refractivity contribution is 0.156. The van der Waals surface area contributed by atoms with Crippen LogP contribution >= 0.6 is 0 Å². The second-order valence-corrected chi connectivity index (χ2v) is 7.14. The summed E-state index contributed by atoms with van der Waals surface area (Å²) in [5, 5.41) is -0.265. The first-order chi connectivity index (χ1) is 6.49. The predicted octanol–water partition coefficient (Wildman–Crippen LogP) is 2.19. The van der Waals surface area contributed by atoms with Gasteiger partial charge in [-0.05, 0) is 33.2 Å². The summed E-state index contributed by atoms with van der Waals surface area (Å²) in [5.41, 5.74) is 6.36. The van der Waals surface area contributed by atoms with E-state index in [0.717, 1.165) is 12.8 Å².